The average molecular weight is 208 g/mol. The summed E-state index contributed by atoms with van der Waals surface area (Å²) in [5.41, 5.74) is 0. The van der Waals surface area contributed by atoms with Gasteiger partial charge in [-0.25, -0.2) is 9.78 Å². The van der Waals surface area contributed by atoms with Crippen molar-refractivity contribution in [1.82, 2.24) is 10.6 Å². The van der Waals surface area contributed by atoms with Gasteiger partial charge in [0.25, 0.3) is 0 Å². The van der Waals surface area contributed by atoms with Gasteiger partial charge < -0.3 is 20.8 Å². The number of hydrogen-bond donors (Lipinski definition) is 4. The van der Waals surface area contributed by atoms with Crippen molar-refractivity contribution in [3.63, 3.8) is 0 Å². The zero-order valence-corrected chi connectivity index (χ0v) is 8.37. The largest absolute Gasteiger partial charge is 0.395 e. The maximum Gasteiger partial charge on any atom is 0.0946 e. The molecule has 0 unspecified atom stereocenters. The fourth-order valence-electron chi connectivity index (χ4n) is 0.754. The van der Waals surface area contributed by atoms with Crippen molar-refractivity contribution in [1.29, 1.82) is 0 Å². The fourth-order valence-corrected chi connectivity index (χ4v) is 0.754. The van der Waals surface area contributed by atoms with Gasteiger partial charge in [-0.15, -0.1) is 0 Å². The Morgan fingerprint density at radius 1 is 0.714 bits per heavy atom. The van der Waals surface area contributed by atoms with Crippen LogP contribution >= 0.6 is 0 Å². The molecule has 0 atom stereocenters. The van der Waals surface area contributed by atoms with Gasteiger partial charge in [0.15, 0.2) is 0 Å². The molecule has 0 aliphatic heterocycles. The van der Waals surface area contributed by atoms with Crippen LogP contribution in [0, 0.1) is 0 Å². The molecule has 0 spiro atoms. The third-order valence-corrected chi connectivity index (χ3v) is 1.38. The van der Waals surface area contributed by atoms with E-state index in [1.807, 2.05) is 0 Å². The molecule has 4 N–H and O–H groups in total. The van der Waals surface area contributed by atoms with Gasteiger partial charge in [-0.1, -0.05) is 0 Å². The lowest BCUT2D eigenvalue weighted by atomic mass is 10.6. The summed E-state index contributed by atoms with van der Waals surface area (Å²) in [6.45, 7) is 3.63. The Morgan fingerprint density at radius 3 is 1.50 bits per heavy atom. The molecule has 86 valence electrons. The molecule has 14 heavy (non-hydrogen) atoms. The molecule has 0 aliphatic rings. The Bertz CT molecular complexity index is 93.3. The summed E-state index contributed by atoms with van der Waals surface area (Å²) in [5, 5.41) is 22.7. The summed E-state index contributed by atoms with van der Waals surface area (Å²) in [5.74, 6) is 0. The van der Waals surface area contributed by atoms with E-state index >= 15 is 0 Å². The van der Waals surface area contributed by atoms with Crippen LogP contribution in [0.4, 0.5) is 0 Å². The van der Waals surface area contributed by atoms with E-state index in [2.05, 4.69) is 10.6 Å². The van der Waals surface area contributed by atoms with Crippen LogP contribution < -0.4 is 10.6 Å². The van der Waals surface area contributed by atoms with Gasteiger partial charge in [-0.3, -0.25) is 0 Å². The van der Waals surface area contributed by atoms with Crippen molar-refractivity contribution in [3.05, 3.63) is 0 Å². The highest BCUT2D eigenvalue weighted by atomic mass is 17.2. The Kier molecular flexibility index (Phi) is 12.5. The number of hydrogen-bond acceptors (Lipinski definition) is 6. The van der Waals surface area contributed by atoms with Crippen LogP contribution in [0.2, 0.25) is 0 Å². The van der Waals surface area contributed by atoms with Crippen molar-refractivity contribution in [3.8, 4) is 0 Å². The van der Waals surface area contributed by atoms with Crippen molar-refractivity contribution in [2.45, 2.75) is 0 Å². The number of rotatable bonds is 11. The quantitative estimate of drug-likeness (QED) is 0.180. The van der Waals surface area contributed by atoms with Gasteiger partial charge in [-0.2, -0.15) is 0 Å². The second-order valence-electron chi connectivity index (χ2n) is 2.59. The van der Waals surface area contributed by atoms with E-state index in [1.54, 1.807) is 0 Å². The van der Waals surface area contributed by atoms with E-state index in [-0.39, 0.29) is 13.2 Å². The minimum absolute atomic E-state index is 0.131. The highest BCUT2D eigenvalue weighted by Crippen LogP contribution is 1.76. The summed E-state index contributed by atoms with van der Waals surface area (Å²) >= 11 is 0. The predicted molar refractivity (Wildman–Crippen MR) is 51.8 cm³/mol. The summed E-state index contributed by atoms with van der Waals surface area (Å²) in [4.78, 5) is 9.63. The first kappa shape index (κ1) is 13.8. The second-order valence-corrected chi connectivity index (χ2v) is 2.59. The average Bonchev–Trinajstić information content (AvgIpc) is 2.21. The first-order valence-electron chi connectivity index (χ1n) is 4.79. The molecule has 0 fully saturated rings. The van der Waals surface area contributed by atoms with Crippen LogP contribution in [0.25, 0.3) is 0 Å². The van der Waals surface area contributed by atoms with Crippen molar-refractivity contribution in [2.24, 2.45) is 0 Å². The number of nitrogens with one attached hydrogen (secondary N) is 2. The molecule has 6 heteroatoms. The van der Waals surface area contributed by atoms with E-state index < -0.39 is 0 Å². The molecule has 6 nitrogen and oxygen atoms in total. The van der Waals surface area contributed by atoms with Gasteiger partial charge in [0, 0.05) is 26.2 Å². The van der Waals surface area contributed by atoms with Crippen LogP contribution in [0.5, 0.6) is 0 Å². The van der Waals surface area contributed by atoms with Crippen LogP contribution in [-0.2, 0) is 9.78 Å². The van der Waals surface area contributed by atoms with Crippen molar-refractivity contribution < 1.29 is 20.0 Å². The molecule has 0 aromatic heterocycles. The maximum absolute atomic E-state index is 8.43. The maximum atomic E-state index is 8.43. The highest BCUT2D eigenvalue weighted by molar-refractivity contribution is 4.42. The van der Waals surface area contributed by atoms with E-state index in [0.717, 1.165) is 0 Å². The van der Waals surface area contributed by atoms with E-state index in [1.165, 1.54) is 0 Å². The molecule has 0 saturated heterocycles. The molecule has 0 aliphatic carbocycles. The van der Waals surface area contributed by atoms with Crippen molar-refractivity contribution in [2.75, 3.05) is 52.6 Å². The summed E-state index contributed by atoms with van der Waals surface area (Å²) < 4.78 is 0. The molecule has 0 radical (unpaired) electrons. The van der Waals surface area contributed by atoms with Gasteiger partial charge >= 0.3 is 0 Å². The third kappa shape index (κ3) is 11.8. The van der Waals surface area contributed by atoms with Crippen LogP contribution in [-0.4, -0.2) is 62.8 Å². The number of aliphatic hydroxyl groups excluding tert-OH is 2. The Labute approximate surface area is 84.1 Å². The first-order chi connectivity index (χ1) is 6.91. The van der Waals surface area contributed by atoms with Gasteiger partial charge in [0.1, 0.15) is 0 Å². The first-order valence-corrected chi connectivity index (χ1v) is 4.79. The third-order valence-electron chi connectivity index (χ3n) is 1.38. The fraction of sp³-hybridized carbons (Fsp3) is 1.00. The SMILES string of the molecule is OCCNCCOOCCNCCO. The zero-order chi connectivity index (χ0) is 10.5. The Hall–Kier alpha value is -0.240. The number of aliphatic hydroxyl groups is 2. The van der Waals surface area contributed by atoms with Crippen LogP contribution in [0.3, 0.4) is 0 Å². The Balaban J connectivity index is 2.78. The molecule has 0 amide bonds. The van der Waals surface area contributed by atoms with Gasteiger partial charge in [-0.05, 0) is 0 Å². The molecule has 0 rings (SSSR count). The summed E-state index contributed by atoms with van der Waals surface area (Å²) in [6.07, 6.45) is 0. The predicted octanol–water partition coefficient (Wildman–Crippen LogP) is -1.90. The lowest BCUT2D eigenvalue weighted by Crippen LogP contribution is -2.25. The van der Waals surface area contributed by atoms with E-state index in [4.69, 9.17) is 20.0 Å². The van der Waals surface area contributed by atoms with Gasteiger partial charge in [0.05, 0.1) is 26.4 Å². The van der Waals surface area contributed by atoms with Crippen LogP contribution in [0.1, 0.15) is 0 Å². The highest BCUT2D eigenvalue weighted by Gasteiger charge is 1.90. The normalized spacial score (nSPS) is 10.7. The standard InChI is InChI=1S/C8H20N2O4/c11-5-1-9-3-7-13-14-8-4-10-2-6-12/h9-12H,1-8H2. The second kappa shape index (κ2) is 12.8. The molecular formula is C8H20N2O4. The topological polar surface area (TPSA) is 83.0 Å². The lowest BCUT2D eigenvalue weighted by Gasteiger charge is -2.05. The lowest BCUT2D eigenvalue weighted by molar-refractivity contribution is -0.291. The molecule has 0 heterocycles. The molecule has 0 bridgehead atoms. The minimum Gasteiger partial charge on any atom is -0.395 e. The van der Waals surface area contributed by atoms with Crippen molar-refractivity contribution >= 4 is 0 Å². The Morgan fingerprint density at radius 2 is 1.14 bits per heavy atom. The molecule has 0 aromatic rings. The summed E-state index contributed by atoms with van der Waals surface area (Å²) in [6, 6.07) is 0. The molecular weight excluding hydrogens is 188 g/mol. The minimum atomic E-state index is 0.131. The molecule has 0 saturated carbocycles. The zero-order valence-electron chi connectivity index (χ0n) is 8.37. The summed E-state index contributed by atoms with van der Waals surface area (Å²) in [7, 11) is 0. The molecule has 0 aromatic carbocycles. The van der Waals surface area contributed by atoms with Gasteiger partial charge in [0.2, 0.25) is 0 Å². The van der Waals surface area contributed by atoms with Crippen LogP contribution in [0.15, 0.2) is 0 Å². The smallest absolute Gasteiger partial charge is 0.0946 e. The van der Waals surface area contributed by atoms with E-state index in [9.17, 15) is 0 Å². The monoisotopic (exact) mass is 208 g/mol. The van der Waals surface area contributed by atoms with E-state index in [0.29, 0.717) is 39.4 Å².